The lowest BCUT2D eigenvalue weighted by Crippen LogP contribution is -2.36. The normalized spacial score (nSPS) is 11.6. The fraction of sp³-hybridized carbons (Fsp3) is 0.944. The molecule has 0 bridgehead atoms. The van der Waals surface area contributed by atoms with E-state index in [0.29, 0.717) is 119 Å². The van der Waals surface area contributed by atoms with E-state index in [9.17, 15) is 9.59 Å². The van der Waals surface area contributed by atoms with Crippen LogP contribution in [0.2, 0.25) is 0 Å². The maximum Gasteiger partial charge on any atom is 0.410 e. The van der Waals surface area contributed by atoms with Crippen LogP contribution in [0.1, 0.15) is 91.9 Å². The molecule has 0 aromatic carbocycles. The molecule has 292 valence electrons. The van der Waals surface area contributed by atoms with E-state index in [-0.39, 0.29) is 18.7 Å². The van der Waals surface area contributed by atoms with E-state index in [1.807, 2.05) is 20.8 Å². The molecular formula is C36H71NO12. The second-order valence-electron chi connectivity index (χ2n) is 12.6. The summed E-state index contributed by atoms with van der Waals surface area (Å²) in [6.07, 6.45) is 11.2. The van der Waals surface area contributed by atoms with Crippen LogP contribution in [-0.4, -0.2) is 148 Å². The minimum Gasteiger partial charge on any atom is -0.463 e. The van der Waals surface area contributed by atoms with Crippen LogP contribution in [0, 0.1) is 0 Å². The summed E-state index contributed by atoms with van der Waals surface area (Å²) in [5.41, 5.74) is -0.511. The SMILES string of the molecule is CCCCCCCCCCCC(=O)OCCOCCOCCOCCOCCOCCOCCOCCOCCN(C)C(=O)OC(C)(C)C. The van der Waals surface area contributed by atoms with Crippen molar-refractivity contribution in [1.82, 2.24) is 4.90 Å². The Bertz CT molecular complexity index is 723. The van der Waals surface area contributed by atoms with Gasteiger partial charge in [0.1, 0.15) is 12.2 Å². The average Bonchev–Trinajstić information content (AvgIpc) is 3.06. The second kappa shape index (κ2) is 36.2. The van der Waals surface area contributed by atoms with Gasteiger partial charge in [0.15, 0.2) is 0 Å². The number of carbonyl (C=O) groups excluding carboxylic acids is 2. The average molecular weight is 710 g/mol. The smallest absolute Gasteiger partial charge is 0.410 e. The number of hydrogen-bond donors (Lipinski definition) is 0. The van der Waals surface area contributed by atoms with Crippen LogP contribution >= 0.6 is 0 Å². The lowest BCUT2D eigenvalue weighted by atomic mass is 10.1. The third-order valence-corrected chi connectivity index (χ3v) is 6.86. The Morgan fingerprint density at radius 1 is 0.469 bits per heavy atom. The Labute approximate surface area is 297 Å². The van der Waals surface area contributed by atoms with Crippen LogP contribution in [0.3, 0.4) is 0 Å². The van der Waals surface area contributed by atoms with Gasteiger partial charge in [0.05, 0.1) is 106 Å². The molecule has 13 nitrogen and oxygen atoms in total. The highest BCUT2D eigenvalue weighted by Crippen LogP contribution is 2.11. The summed E-state index contributed by atoms with van der Waals surface area (Å²) in [4.78, 5) is 25.1. The van der Waals surface area contributed by atoms with Gasteiger partial charge in [0, 0.05) is 20.0 Å². The lowest BCUT2D eigenvalue weighted by molar-refractivity contribution is -0.145. The highest BCUT2D eigenvalue weighted by molar-refractivity contribution is 5.69. The first kappa shape index (κ1) is 47.4. The van der Waals surface area contributed by atoms with Gasteiger partial charge < -0.3 is 52.3 Å². The molecule has 13 heteroatoms. The van der Waals surface area contributed by atoms with Crippen molar-refractivity contribution in [3.05, 3.63) is 0 Å². The molecular weight excluding hydrogens is 638 g/mol. The van der Waals surface area contributed by atoms with Crippen LogP contribution in [0.4, 0.5) is 4.79 Å². The number of nitrogens with zero attached hydrogens (tertiary/aromatic N) is 1. The van der Waals surface area contributed by atoms with Crippen molar-refractivity contribution < 1.29 is 57.0 Å². The van der Waals surface area contributed by atoms with Crippen LogP contribution in [0.15, 0.2) is 0 Å². The van der Waals surface area contributed by atoms with Gasteiger partial charge in [-0.05, 0) is 27.2 Å². The Hall–Kier alpha value is -1.58. The van der Waals surface area contributed by atoms with Gasteiger partial charge in [-0.1, -0.05) is 58.3 Å². The van der Waals surface area contributed by atoms with Crippen molar-refractivity contribution in [1.29, 1.82) is 0 Å². The first-order chi connectivity index (χ1) is 23.8. The first-order valence-electron chi connectivity index (χ1n) is 18.5. The molecule has 1 amide bonds. The van der Waals surface area contributed by atoms with E-state index in [0.717, 1.165) is 12.8 Å². The maximum absolute atomic E-state index is 11.9. The van der Waals surface area contributed by atoms with Gasteiger partial charge in [-0.3, -0.25) is 4.79 Å². The minimum absolute atomic E-state index is 0.140. The van der Waals surface area contributed by atoms with Crippen molar-refractivity contribution in [2.45, 2.75) is 97.5 Å². The molecule has 0 rings (SSSR count). The van der Waals surface area contributed by atoms with Gasteiger partial charge in [-0.15, -0.1) is 0 Å². The van der Waals surface area contributed by atoms with Crippen LogP contribution in [0.25, 0.3) is 0 Å². The van der Waals surface area contributed by atoms with Gasteiger partial charge >= 0.3 is 12.1 Å². The molecule has 49 heavy (non-hydrogen) atoms. The third kappa shape index (κ3) is 39.1. The van der Waals surface area contributed by atoms with Crippen molar-refractivity contribution in [3.63, 3.8) is 0 Å². The van der Waals surface area contributed by atoms with E-state index in [4.69, 9.17) is 47.4 Å². The summed E-state index contributed by atoms with van der Waals surface area (Å²) in [5.74, 6) is -0.140. The number of likely N-dealkylation sites (N-methyl/N-ethyl adjacent to an activating group) is 1. The van der Waals surface area contributed by atoms with E-state index in [1.165, 1.54) is 49.8 Å². The molecule has 0 aliphatic carbocycles. The molecule has 0 aliphatic heterocycles. The topological polar surface area (TPSA) is 130 Å². The van der Waals surface area contributed by atoms with Gasteiger partial charge in [0.25, 0.3) is 0 Å². The summed E-state index contributed by atoms with van der Waals surface area (Å²) in [7, 11) is 1.68. The van der Waals surface area contributed by atoms with Crippen LogP contribution in [-0.2, 0) is 52.2 Å². The highest BCUT2D eigenvalue weighted by atomic mass is 16.6. The molecule has 0 saturated carbocycles. The first-order valence-corrected chi connectivity index (χ1v) is 18.5. The molecule has 0 radical (unpaired) electrons. The van der Waals surface area contributed by atoms with Crippen molar-refractivity contribution >= 4 is 12.1 Å². The number of rotatable bonds is 37. The monoisotopic (exact) mass is 709 g/mol. The Kier molecular flexibility index (Phi) is 35.1. The largest absolute Gasteiger partial charge is 0.463 e. The Balaban J connectivity index is 3.20. The molecule has 0 aliphatic rings. The Morgan fingerprint density at radius 3 is 1.16 bits per heavy atom. The predicted molar refractivity (Wildman–Crippen MR) is 188 cm³/mol. The van der Waals surface area contributed by atoms with Gasteiger partial charge in [-0.2, -0.15) is 0 Å². The van der Waals surface area contributed by atoms with Gasteiger partial charge in [0.2, 0.25) is 0 Å². The quantitative estimate of drug-likeness (QED) is 0.0601. The number of unbranched alkanes of at least 4 members (excludes halogenated alkanes) is 8. The fourth-order valence-corrected chi connectivity index (χ4v) is 4.14. The minimum atomic E-state index is -0.511. The standard InChI is InChI=1S/C36H71NO12/c1-6-7-8-9-10-11-12-13-14-15-34(38)48-33-32-47-31-30-46-29-28-45-27-26-44-25-24-43-23-22-42-21-20-41-19-18-40-17-16-37(5)35(39)49-36(2,3)4/h6-33H2,1-5H3. The maximum atomic E-state index is 11.9. The van der Waals surface area contributed by atoms with Gasteiger partial charge in [-0.25, -0.2) is 4.79 Å². The zero-order valence-corrected chi connectivity index (χ0v) is 31.6. The molecule has 0 aromatic heterocycles. The molecule has 0 spiro atoms. The van der Waals surface area contributed by atoms with Crippen molar-refractivity contribution in [3.8, 4) is 0 Å². The number of carbonyl (C=O) groups is 2. The van der Waals surface area contributed by atoms with E-state index in [1.54, 1.807) is 7.05 Å². The Morgan fingerprint density at radius 2 is 0.796 bits per heavy atom. The highest BCUT2D eigenvalue weighted by Gasteiger charge is 2.19. The zero-order valence-electron chi connectivity index (χ0n) is 31.6. The summed E-state index contributed by atoms with van der Waals surface area (Å²) in [6, 6.07) is 0. The second-order valence-corrected chi connectivity index (χ2v) is 12.6. The van der Waals surface area contributed by atoms with Crippen LogP contribution < -0.4 is 0 Å². The summed E-state index contributed by atoms with van der Waals surface area (Å²) in [5, 5.41) is 0. The summed E-state index contributed by atoms with van der Waals surface area (Å²) in [6.45, 7) is 15.9. The fourth-order valence-electron chi connectivity index (χ4n) is 4.14. The summed E-state index contributed by atoms with van der Waals surface area (Å²) < 4.78 is 54.3. The molecule has 0 N–H and O–H groups in total. The zero-order chi connectivity index (χ0) is 36.1. The summed E-state index contributed by atoms with van der Waals surface area (Å²) >= 11 is 0. The molecule has 0 atom stereocenters. The molecule has 0 unspecified atom stereocenters. The van der Waals surface area contributed by atoms with E-state index < -0.39 is 5.60 Å². The number of ether oxygens (including phenoxy) is 10. The molecule has 0 heterocycles. The molecule has 0 aromatic rings. The predicted octanol–water partition coefficient (Wildman–Crippen LogP) is 5.45. The van der Waals surface area contributed by atoms with Crippen molar-refractivity contribution in [2.24, 2.45) is 0 Å². The van der Waals surface area contributed by atoms with Crippen molar-refractivity contribution in [2.75, 3.05) is 126 Å². The van der Waals surface area contributed by atoms with E-state index >= 15 is 0 Å². The lowest BCUT2D eigenvalue weighted by Gasteiger charge is -2.24. The third-order valence-electron chi connectivity index (χ3n) is 6.86. The van der Waals surface area contributed by atoms with E-state index in [2.05, 4.69) is 6.92 Å². The number of amides is 1. The molecule has 0 saturated heterocycles. The molecule has 0 fully saturated rings. The number of hydrogen-bond acceptors (Lipinski definition) is 12. The number of esters is 1. The van der Waals surface area contributed by atoms with Crippen LogP contribution in [0.5, 0.6) is 0 Å².